The van der Waals surface area contributed by atoms with Crippen molar-refractivity contribution in [3.05, 3.63) is 70.3 Å². The molecule has 0 radical (unpaired) electrons. The minimum atomic E-state index is -1.03. The fourth-order valence-corrected chi connectivity index (χ4v) is 3.43. The van der Waals surface area contributed by atoms with Crippen LogP contribution in [-0.2, 0) is 16.1 Å². The molecule has 0 bridgehead atoms. The van der Waals surface area contributed by atoms with Crippen molar-refractivity contribution in [3.63, 3.8) is 0 Å². The third-order valence-corrected chi connectivity index (χ3v) is 4.84. The molecular formula is C22H19N3O4. The highest BCUT2D eigenvalue weighted by Crippen LogP contribution is 2.28. The van der Waals surface area contributed by atoms with E-state index in [0.29, 0.717) is 29.0 Å². The van der Waals surface area contributed by atoms with Crippen LogP contribution in [0, 0.1) is 0 Å². The summed E-state index contributed by atoms with van der Waals surface area (Å²) in [4.78, 5) is 40.1. The van der Waals surface area contributed by atoms with Crippen LogP contribution in [0.15, 0.2) is 53.3 Å². The molecule has 0 spiro atoms. The molecule has 2 aromatic carbocycles. The van der Waals surface area contributed by atoms with Crippen LogP contribution in [0.1, 0.15) is 30.7 Å². The Hall–Kier alpha value is -3.74. The summed E-state index contributed by atoms with van der Waals surface area (Å²) < 4.78 is 1.68. The third-order valence-electron chi connectivity index (χ3n) is 4.84. The number of benzene rings is 2. The molecule has 1 amide bonds. The second-order valence-corrected chi connectivity index (χ2v) is 6.90. The number of fused-ring (bicyclic) bond motifs is 2. The number of amides is 1. The van der Waals surface area contributed by atoms with Gasteiger partial charge in [0.05, 0.1) is 17.3 Å². The van der Waals surface area contributed by atoms with Gasteiger partial charge in [0.2, 0.25) is 5.91 Å². The Morgan fingerprint density at radius 1 is 1.14 bits per heavy atom. The second-order valence-electron chi connectivity index (χ2n) is 6.90. The number of allylic oxidation sites excluding steroid dienone is 1. The molecule has 0 atom stereocenters. The minimum absolute atomic E-state index is 0.106. The van der Waals surface area contributed by atoms with E-state index in [-0.39, 0.29) is 18.4 Å². The molecule has 4 rings (SSSR count). The number of carboxylic acid groups (broad SMARTS) is 1. The summed E-state index contributed by atoms with van der Waals surface area (Å²) in [5.41, 5.74) is 2.91. The van der Waals surface area contributed by atoms with Crippen LogP contribution >= 0.6 is 0 Å². The van der Waals surface area contributed by atoms with E-state index in [1.54, 1.807) is 22.8 Å². The predicted molar refractivity (Wildman–Crippen MR) is 110 cm³/mol. The zero-order valence-corrected chi connectivity index (χ0v) is 15.6. The van der Waals surface area contributed by atoms with E-state index in [1.165, 1.54) is 0 Å². The molecule has 1 aliphatic rings. The van der Waals surface area contributed by atoms with Crippen LogP contribution in [0.2, 0.25) is 0 Å². The van der Waals surface area contributed by atoms with Gasteiger partial charge in [-0.2, -0.15) is 0 Å². The standard InChI is InChI=1S/C22H19N3O4/c26-19(8-9-20(27)28)23-16-6-7-17-18(13-16)24-21-15(10-11-25(21)22(17)29)12-14-4-2-1-3-5-14/h1-7,12-13H,8-11H2,(H,23,26)(H,27,28)/b15-12+. The van der Waals surface area contributed by atoms with Crippen molar-refractivity contribution in [2.75, 3.05) is 5.32 Å². The van der Waals surface area contributed by atoms with Crippen molar-refractivity contribution in [2.45, 2.75) is 25.8 Å². The largest absolute Gasteiger partial charge is 0.481 e. The second kappa shape index (κ2) is 7.71. The van der Waals surface area contributed by atoms with Gasteiger partial charge in [-0.15, -0.1) is 0 Å². The van der Waals surface area contributed by atoms with Gasteiger partial charge in [0.1, 0.15) is 5.82 Å². The molecule has 3 aromatic rings. The Morgan fingerprint density at radius 3 is 2.69 bits per heavy atom. The fraction of sp³-hybridized carbons (Fsp3) is 0.182. The average molecular weight is 389 g/mol. The number of aliphatic carboxylic acids is 1. The lowest BCUT2D eigenvalue weighted by molar-refractivity contribution is -0.138. The van der Waals surface area contributed by atoms with Gasteiger partial charge in [-0.1, -0.05) is 30.3 Å². The van der Waals surface area contributed by atoms with Crippen LogP contribution in [0.5, 0.6) is 0 Å². The molecule has 1 aromatic heterocycles. The van der Waals surface area contributed by atoms with Crippen molar-refractivity contribution >= 4 is 40.1 Å². The maximum absolute atomic E-state index is 12.9. The molecule has 0 fully saturated rings. The van der Waals surface area contributed by atoms with E-state index in [1.807, 2.05) is 36.4 Å². The molecule has 146 valence electrons. The highest BCUT2D eigenvalue weighted by Gasteiger charge is 2.21. The first-order valence-electron chi connectivity index (χ1n) is 9.33. The number of carbonyl (C=O) groups excluding carboxylic acids is 1. The van der Waals surface area contributed by atoms with Gasteiger partial charge in [-0.05, 0) is 41.8 Å². The highest BCUT2D eigenvalue weighted by atomic mass is 16.4. The Balaban J connectivity index is 1.68. The van der Waals surface area contributed by atoms with Gasteiger partial charge in [0, 0.05) is 18.7 Å². The number of carboxylic acids is 1. The van der Waals surface area contributed by atoms with Crippen molar-refractivity contribution < 1.29 is 14.7 Å². The van der Waals surface area contributed by atoms with Gasteiger partial charge in [0.25, 0.3) is 5.56 Å². The van der Waals surface area contributed by atoms with Crippen molar-refractivity contribution in [3.8, 4) is 0 Å². The fourth-order valence-electron chi connectivity index (χ4n) is 3.43. The van der Waals surface area contributed by atoms with E-state index in [0.717, 1.165) is 17.6 Å². The van der Waals surface area contributed by atoms with Gasteiger partial charge >= 0.3 is 5.97 Å². The molecule has 0 saturated heterocycles. The first-order valence-corrected chi connectivity index (χ1v) is 9.33. The molecule has 1 aliphatic heterocycles. The van der Waals surface area contributed by atoms with E-state index in [2.05, 4.69) is 10.3 Å². The van der Waals surface area contributed by atoms with Crippen molar-refractivity contribution in [1.82, 2.24) is 9.55 Å². The number of hydrogen-bond acceptors (Lipinski definition) is 4. The molecule has 7 nitrogen and oxygen atoms in total. The summed E-state index contributed by atoms with van der Waals surface area (Å²) >= 11 is 0. The zero-order chi connectivity index (χ0) is 20.4. The summed E-state index contributed by atoms with van der Waals surface area (Å²) in [5, 5.41) is 11.8. The maximum Gasteiger partial charge on any atom is 0.303 e. The highest BCUT2D eigenvalue weighted by molar-refractivity contribution is 5.95. The van der Waals surface area contributed by atoms with Crippen LogP contribution in [0.4, 0.5) is 5.69 Å². The molecular weight excluding hydrogens is 370 g/mol. The van der Waals surface area contributed by atoms with Crippen molar-refractivity contribution in [1.29, 1.82) is 0 Å². The number of nitrogens with zero attached hydrogens (tertiary/aromatic N) is 2. The monoisotopic (exact) mass is 389 g/mol. The SMILES string of the molecule is O=C(O)CCC(=O)Nc1ccc2c(=O)n3c(nc2c1)/C(=C/c1ccccc1)CC3. The van der Waals surface area contributed by atoms with Gasteiger partial charge in [-0.3, -0.25) is 19.0 Å². The first-order chi connectivity index (χ1) is 14.0. The lowest BCUT2D eigenvalue weighted by Gasteiger charge is -2.08. The molecule has 2 heterocycles. The lowest BCUT2D eigenvalue weighted by Crippen LogP contribution is -2.21. The third kappa shape index (κ3) is 3.94. The Bertz CT molecular complexity index is 1200. The molecule has 2 N–H and O–H groups in total. The first kappa shape index (κ1) is 18.6. The molecule has 0 aliphatic carbocycles. The van der Waals surface area contributed by atoms with Crippen LogP contribution < -0.4 is 10.9 Å². The summed E-state index contributed by atoms with van der Waals surface area (Å²) in [6, 6.07) is 14.8. The summed E-state index contributed by atoms with van der Waals surface area (Å²) in [6.45, 7) is 0.587. The predicted octanol–water partition coefficient (Wildman–Crippen LogP) is 3.14. The average Bonchev–Trinajstić information content (AvgIpc) is 3.10. The number of nitrogens with one attached hydrogen (secondary N) is 1. The normalized spacial score (nSPS) is 14.1. The number of aromatic nitrogens is 2. The number of hydrogen-bond donors (Lipinski definition) is 2. The van der Waals surface area contributed by atoms with E-state index in [4.69, 9.17) is 5.11 Å². The minimum Gasteiger partial charge on any atom is -0.481 e. The Labute approximate surface area is 166 Å². The van der Waals surface area contributed by atoms with Crippen LogP contribution in [-0.4, -0.2) is 26.5 Å². The Kier molecular flexibility index (Phi) is 4.95. The van der Waals surface area contributed by atoms with Crippen LogP contribution in [0.25, 0.3) is 22.6 Å². The van der Waals surface area contributed by atoms with Crippen LogP contribution in [0.3, 0.4) is 0 Å². The molecule has 29 heavy (non-hydrogen) atoms. The smallest absolute Gasteiger partial charge is 0.303 e. The maximum atomic E-state index is 12.9. The summed E-state index contributed by atoms with van der Waals surface area (Å²) in [5.74, 6) is -0.781. The molecule has 0 saturated carbocycles. The molecule has 0 unspecified atom stereocenters. The van der Waals surface area contributed by atoms with Gasteiger partial charge in [-0.25, -0.2) is 4.98 Å². The Morgan fingerprint density at radius 2 is 1.93 bits per heavy atom. The number of anilines is 1. The summed E-state index contributed by atoms with van der Waals surface area (Å²) in [6.07, 6.45) is 2.42. The van der Waals surface area contributed by atoms with Crippen molar-refractivity contribution in [2.24, 2.45) is 0 Å². The topological polar surface area (TPSA) is 101 Å². The van der Waals surface area contributed by atoms with E-state index in [9.17, 15) is 14.4 Å². The zero-order valence-electron chi connectivity index (χ0n) is 15.6. The van der Waals surface area contributed by atoms with Gasteiger partial charge < -0.3 is 10.4 Å². The number of carbonyl (C=O) groups is 2. The van der Waals surface area contributed by atoms with E-state index >= 15 is 0 Å². The summed E-state index contributed by atoms with van der Waals surface area (Å²) in [7, 11) is 0. The van der Waals surface area contributed by atoms with E-state index < -0.39 is 11.9 Å². The molecule has 7 heteroatoms. The number of rotatable bonds is 5. The lowest BCUT2D eigenvalue weighted by atomic mass is 10.1. The quantitative estimate of drug-likeness (QED) is 0.698. The van der Waals surface area contributed by atoms with Gasteiger partial charge in [0.15, 0.2) is 0 Å².